The first-order valence-corrected chi connectivity index (χ1v) is 8.26. The average Bonchev–Trinajstić information content (AvgIpc) is 2.60. The molecule has 0 aliphatic heterocycles. The van der Waals surface area contributed by atoms with Gasteiger partial charge in [0, 0.05) is 23.5 Å². The molecule has 2 rings (SSSR count). The quantitative estimate of drug-likeness (QED) is 0.374. The van der Waals surface area contributed by atoms with Crippen LogP contribution in [0.15, 0.2) is 42.5 Å². The first kappa shape index (κ1) is 18.3. The molecule has 0 heterocycles. The monoisotopic (exact) mass is 340 g/mol. The number of carbonyl (C=O) groups is 1. The maximum Gasteiger partial charge on any atom is 0.330 e. The van der Waals surface area contributed by atoms with Gasteiger partial charge in [-0.05, 0) is 54.8 Å². The molecular formula is C19H24N4O2. The molecule has 132 valence electrons. The Bertz CT molecular complexity index is 757. The average molecular weight is 340 g/mol. The number of aryl methyl sites for hydroxylation is 1. The van der Waals surface area contributed by atoms with Crippen molar-refractivity contribution < 1.29 is 9.90 Å². The molecule has 0 bridgehead atoms. The number of amidine groups is 1. The Morgan fingerprint density at radius 3 is 2.40 bits per heavy atom. The molecule has 0 radical (unpaired) electrons. The summed E-state index contributed by atoms with van der Waals surface area (Å²) in [7, 11) is 0. The molecule has 0 saturated heterocycles. The molecule has 1 unspecified atom stereocenters. The number of nitrogen functional groups attached to an aromatic ring is 1. The second-order valence-corrected chi connectivity index (χ2v) is 5.71. The lowest BCUT2D eigenvalue weighted by Gasteiger charge is -2.19. The van der Waals surface area contributed by atoms with Crippen molar-refractivity contribution in [1.82, 2.24) is 0 Å². The first-order chi connectivity index (χ1) is 12.0. The minimum atomic E-state index is -0.950. The number of carboxylic acids is 1. The number of nitrogens with one attached hydrogen (secondary N) is 3. The summed E-state index contributed by atoms with van der Waals surface area (Å²) >= 11 is 0. The Balaban J connectivity index is 2.28. The van der Waals surface area contributed by atoms with E-state index in [2.05, 4.69) is 10.6 Å². The van der Waals surface area contributed by atoms with Crippen LogP contribution in [0.5, 0.6) is 0 Å². The Morgan fingerprint density at radius 1 is 1.20 bits per heavy atom. The lowest BCUT2D eigenvalue weighted by molar-refractivity contribution is -0.138. The normalized spacial score (nSPS) is 11.6. The van der Waals surface area contributed by atoms with Crippen molar-refractivity contribution in [2.45, 2.75) is 26.3 Å². The van der Waals surface area contributed by atoms with Crippen molar-refractivity contribution in [2.24, 2.45) is 5.73 Å². The number of rotatable bonds is 8. The van der Waals surface area contributed by atoms with Gasteiger partial charge in [-0.15, -0.1) is 0 Å². The zero-order valence-corrected chi connectivity index (χ0v) is 14.5. The molecule has 2 aromatic carbocycles. The number of anilines is 2. The van der Waals surface area contributed by atoms with Crippen LogP contribution in [0.1, 0.15) is 36.6 Å². The third-order valence-electron chi connectivity index (χ3n) is 3.96. The topological polar surface area (TPSA) is 111 Å². The molecule has 0 amide bonds. The van der Waals surface area contributed by atoms with Gasteiger partial charge >= 0.3 is 5.97 Å². The summed E-state index contributed by atoms with van der Waals surface area (Å²) in [5, 5.41) is 23.4. The van der Waals surface area contributed by atoms with E-state index < -0.39 is 12.0 Å². The Hall–Kier alpha value is -3.02. The van der Waals surface area contributed by atoms with Crippen LogP contribution in [0.3, 0.4) is 0 Å². The summed E-state index contributed by atoms with van der Waals surface area (Å²) in [6.45, 7) is 4.89. The molecule has 1 atom stereocenters. The van der Waals surface area contributed by atoms with Crippen LogP contribution in [-0.2, 0) is 11.2 Å². The lowest BCUT2D eigenvalue weighted by Crippen LogP contribution is -2.21. The standard InChI is InChI=1S/C19H24N4O2/c1-3-12-11-14(7-10-16(12)22-4-2)17(19(24)25)23-15-8-5-13(6-9-15)18(20)21/h5-11,17,22-23H,3-4H2,1-2H3,(H3,20,21)(H,24,25). The largest absolute Gasteiger partial charge is 0.479 e. The van der Waals surface area contributed by atoms with Gasteiger partial charge in [-0.3, -0.25) is 5.41 Å². The number of benzene rings is 2. The molecule has 0 fully saturated rings. The van der Waals surface area contributed by atoms with E-state index in [1.165, 1.54) is 0 Å². The highest BCUT2D eigenvalue weighted by Crippen LogP contribution is 2.25. The van der Waals surface area contributed by atoms with E-state index in [4.69, 9.17) is 11.1 Å². The minimum absolute atomic E-state index is 0.0204. The number of nitrogens with two attached hydrogens (primary N) is 1. The zero-order valence-electron chi connectivity index (χ0n) is 14.5. The fraction of sp³-hybridized carbons (Fsp3) is 0.263. The van der Waals surface area contributed by atoms with E-state index in [1.807, 2.05) is 32.0 Å². The number of hydrogen-bond donors (Lipinski definition) is 5. The van der Waals surface area contributed by atoms with Crippen LogP contribution < -0.4 is 16.4 Å². The summed E-state index contributed by atoms with van der Waals surface area (Å²) in [6.07, 6.45) is 0.815. The second kappa shape index (κ2) is 8.19. The van der Waals surface area contributed by atoms with Crippen LogP contribution in [0.4, 0.5) is 11.4 Å². The second-order valence-electron chi connectivity index (χ2n) is 5.71. The van der Waals surface area contributed by atoms with Gasteiger partial charge in [0.05, 0.1) is 0 Å². The van der Waals surface area contributed by atoms with E-state index >= 15 is 0 Å². The van der Waals surface area contributed by atoms with Gasteiger partial charge in [-0.2, -0.15) is 0 Å². The first-order valence-electron chi connectivity index (χ1n) is 8.26. The molecular weight excluding hydrogens is 316 g/mol. The maximum atomic E-state index is 11.8. The fourth-order valence-corrected chi connectivity index (χ4v) is 2.65. The van der Waals surface area contributed by atoms with Crippen LogP contribution in [-0.4, -0.2) is 23.5 Å². The van der Waals surface area contributed by atoms with Gasteiger partial charge in [0.15, 0.2) is 6.04 Å². The van der Waals surface area contributed by atoms with E-state index in [1.54, 1.807) is 24.3 Å². The van der Waals surface area contributed by atoms with Crippen LogP contribution in [0, 0.1) is 5.41 Å². The minimum Gasteiger partial charge on any atom is -0.479 e. The molecule has 0 aromatic heterocycles. The van der Waals surface area contributed by atoms with Gasteiger partial charge in [0.25, 0.3) is 0 Å². The van der Waals surface area contributed by atoms with Gasteiger partial charge in [0.2, 0.25) is 0 Å². The number of hydrogen-bond acceptors (Lipinski definition) is 4. The van der Waals surface area contributed by atoms with Crippen molar-refractivity contribution in [1.29, 1.82) is 5.41 Å². The predicted molar refractivity (Wildman–Crippen MR) is 101 cm³/mol. The summed E-state index contributed by atoms with van der Waals surface area (Å²) in [6, 6.07) is 11.6. The smallest absolute Gasteiger partial charge is 0.330 e. The van der Waals surface area contributed by atoms with Crippen molar-refractivity contribution in [3.05, 3.63) is 59.2 Å². The SMILES string of the molecule is CCNc1ccc(C(Nc2ccc(C(=N)N)cc2)C(=O)O)cc1CC. The Morgan fingerprint density at radius 2 is 1.88 bits per heavy atom. The van der Waals surface area contributed by atoms with Crippen molar-refractivity contribution in [3.8, 4) is 0 Å². The maximum absolute atomic E-state index is 11.8. The molecule has 25 heavy (non-hydrogen) atoms. The van der Waals surface area contributed by atoms with Crippen LogP contribution in [0.2, 0.25) is 0 Å². The van der Waals surface area contributed by atoms with E-state index in [-0.39, 0.29) is 5.84 Å². The van der Waals surface area contributed by atoms with Crippen LogP contribution >= 0.6 is 0 Å². The lowest BCUT2D eigenvalue weighted by atomic mass is 10.0. The highest BCUT2D eigenvalue weighted by molar-refractivity contribution is 5.95. The third kappa shape index (κ3) is 4.50. The number of carboxylic acid groups (broad SMARTS) is 1. The highest BCUT2D eigenvalue weighted by atomic mass is 16.4. The zero-order chi connectivity index (χ0) is 18.4. The number of aliphatic carboxylic acids is 1. The molecule has 0 saturated carbocycles. The molecule has 6 heteroatoms. The Labute approximate surface area is 147 Å². The van der Waals surface area contributed by atoms with Gasteiger partial charge in [0.1, 0.15) is 5.84 Å². The van der Waals surface area contributed by atoms with Crippen molar-refractivity contribution in [3.63, 3.8) is 0 Å². The van der Waals surface area contributed by atoms with Crippen molar-refractivity contribution >= 4 is 23.2 Å². The molecule has 2 aromatic rings. The van der Waals surface area contributed by atoms with Gasteiger partial charge in [-0.1, -0.05) is 19.1 Å². The molecule has 0 aliphatic carbocycles. The summed E-state index contributed by atoms with van der Waals surface area (Å²) in [4.78, 5) is 11.8. The highest BCUT2D eigenvalue weighted by Gasteiger charge is 2.20. The van der Waals surface area contributed by atoms with Gasteiger partial charge in [-0.25, -0.2) is 4.79 Å². The summed E-state index contributed by atoms with van der Waals surface area (Å²) in [5.74, 6) is -0.971. The van der Waals surface area contributed by atoms with Crippen LogP contribution in [0.25, 0.3) is 0 Å². The van der Waals surface area contributed by atoms with E-state index in [0.717, 1.165) is 24.2 Å². The fourth-order valence-electron chi connectivity index (χ4n) is 2.65. The third-order valence-corrected chi connectivity index (χ3v) is 3.96. The summed E-state index contributed by atoms with van der Waals surface area (Å²) < 4.78 is 0. The molecule has 0 aliphatic rings. The summed E-state index contributed by atoms with van der Waals surface area (Å²) in [5.41, 5.74) is 9.50. The molecule has 6 N–H and O–H groups in total. The molecule has 0 spiro atoms. The Kier molecular flexibility index (Phi) is 6.00. The van der Waals surface area contributed by atoms with E-state index in [0.29, 0.717) is 16.8 Å². The molecule has 6 nitrogen and oxygen atoms in total. The van der Waals surface area contributed by atoms with Gasteiger partial charge < -0.3 is 21.5 Å². The van der Waals surface area contributed by atoms with Crippen molar-refractivity contribution in [2.75, 3.05) is 17.2 Å². The predicted octanol–water partition coefficient (Wildman–Crippen LogP) is 3.20. The van der Waals surface area contributed by atoms with E-state index in [9.17, 15) is 9.90 Å².